The maximum Gasteiger partial charge on any atom is 0.185 e. The molecule has 0 aliphatic carbocycles. The number of Topliss-reactive ketones (excluding diaryl/α,β-unsaturated/α-hetero) is 1. The minimum Gasteiger partial charge on any atom is -0.352 e. The molecule has 0 amide bonds. The number of rotatable bonds is 5. The molecule has 1 aromatic heterocycles. The Morgan fingerprint density at radius 2 is 1.95 bits per heavy atom. The first-order valence-corrected chi connectivity index (χ1v) is 8.44. The Bertz CT molecular complexity index is 617. The van der Waals surface area contributed by atoms with Crippen LogP contribution in [0, 0.1) is 11.3 Å². The van der Waals surface area contributed by atoms with Crippen molar-refractivity contribution in [1.82, 2.24) is 10.3 Å². The molecule has 0 unspecified atom stereocenters. The third kappa shape index (κ3) is 2.95. The van der Waals surface area contributed by atoms with E-state index >= 15 is 0 Å². The molecule has 3 nitrogen and oxygen atoms in total. The fourth-order valence-electron chi connectivity index (χ4n) is 3.54. The van der Waals surface area contributed by atoms with E-state index in [2.05, 4.69) is 30.2 Å². The van der Waals surface area contributed by atoms with Crippen molar-refractivity contribution >= 4 is 16.7 Å². The predicted molar refractivity (Wildman–Crippen MR) is 91.2 cm³/mol. The van der Waals surface area contributed by atoms with Crippen LogP contribution in [0.1, 0.15) is 50.0 Å². The molecule has 118 valence electrons. The van der Waals surface area contributed by atoms with Gasteiger partial charge in [-0.15, -0.1) is 0 Å². The van der Waals surface area contributed by atoms with Gasteiger partial charge in [0.05, 0.1) is 5.69 Å². The minimum absolute atomic E-state index is 0.184. The number of aromatic nitrogens is 1. The van der Waals surface area contributed by atoms with Gasteiger partial charge < -0.3 is 10.3 Å². The first kappa shape index (κ1) is 15.3. The second kappa shape index (κ2) is 6.25. The van der Waals surface area contributed by atoms with Crippen molar-refractivity contribution in [1.29, 1.82) is 0 Å². The summed E-state index contributed by atoms with van der Waals surface area (Å²) in [6, 6.07) is 10.1. The van der Waals surface area contributed by atoms with Crippen molar-refractivity contribution < 1.29 is 4.79 Å². The molecule has 22 heavy (non-hydrogen) atoms. The van der Waals surface area contributed by atoms with Gasteiger partial charge in [0, 0.05) is 16.3 Å². The van der Waals surface area contributed by atoms with E-state index in [9.17, 15) is 4.79 Å². The lowest BCUT2D eigenvalue weighted by Gasteiger charge is -2.36. The molecule has 1 aromatic carbocycles. The minimum atomic E-state index is -0.184. The van der Waals surface area contributed by atoms with E-state index in [0.29, 0.717) is 11.7 Å². The van der Waals surface area contributed by atoms with Crippen LogP contribution in [0.5, 0.6) is 0 Å². The van der Waals surface area contributed by atoms with Crippen LogP contribution in [-0.2, 0) is 0 Å². The molecule has 0 saturated carbocycles. The number of ketones is 1. The van der Waals surface area contributed by atoms with Crippen molar-refractivity contribution in [3.63, 3.8) is 0 Å². The van der Waals surface area contributed by atoms with E-state index in [0.717, 1.165) is 55.4 Å². The van der Waals surface area contributed by atoms with Gasteiger partial charge in [-0.3, -0.25) is 4.79 Å². The number of carbonyl (C=O) groups excluding carboxylic acids is 1. The number of aromatic amines is 1. The summed E-state index contributed by atoms with van der Waals surface area (Å²) in [7, 11) is 0. The summed E-state index contributed by atoms with van der Waals surface area (Å²) in [6.45, 7) is 6.37. The average Bonchev–Trinajstić information content (AvgIpc) is 2.97. The quantitative estimate of drug-likeness (QED) is 0.814. The highest BCUT2D eigenvalue weighted by molar-refractivity contribution is 6.02. The highest BCUT2D eigenvalue weighted by Crippen LogP contribution is 2.38. The summed E-state index contributed by atoms with van der Waals surface area (Å²) in [6.07, 6.45) is 4.02. The summed E-state index contributed by atoms with van der Waals surface area (Å²) in [4.78, 5) is 16.6. The van der Waals surface area contributed by atoms with Crippen LogP contribution < -0.4 is 5.32 Å². The van der Waals surface area contributed by atoms with Gasteiger partial charge in [0.25, 0.3) is 0 Å². The predicted octanol–water partition coefficient (Wildman–Crippen LogP) is 4.16. The number of carbonyl (C=O) groups is 1. The lowest BCUT2D eigenvalue weighted by molar-refractivity contribution is 0.0688. The Balaban J connectivity index is 1.90. The molecule has 0 spiro atoms. The second-order valence-electron chi connectivity index (χ2n) is 7.06. The Morgan fingerprint density at radius 1 is 1.23 bits per heavy atom. The summed E-state index contributed by atoms with van der Waals surface area (Å²) in [5, 5.41) is 4.52. The van der Waals surface area contributed by atoms with Gasteiger partial charge in [-0.2, -0.15) is 0 Å². The zero-order chi connectivity index (χ0) is 15.6. The molecule has 0 atom stereocenters. The van der Waals surface area contributed by atoms with Crippen LogP contribution in [0.25, 0.3) is 10.9 Å². The number of para-hydroxylation sites is 1. The monoisotopic (exact) mass is 298 g/mol. The Hall–Kier alpha value is -1.61. The van der Waals surface area contributed by atoms with E-state index in [1.165, 1.54) is 0 Å². The number of nitrogens with one attached hydrogen (secondary N) is 2. The van der Waals surface area contributed by atoms with Gasteiger partial charge in [-0.1, -0.05) is 38.5 Å². The Kier molecular flexibility index (Phi) is 4.34. The summed E-state index contributed by atoms with van der Waals surface area (Å²) in [5.74, 6) is 0.952. The third-order valence-electron chi connectivity index (χ3n) is 5.02. The first-order valence-electron chi connectivity index (χ1n) is 8.44. The fourth-order valence-corrected chi connectivity index (χ4v) is 3.54. The van der Waals surface area contributed by atoms with Gasteiger partial charge >= 0.3 is 0 Å². The van der Waals surface area contributed by atoms with Gasteiger partial charge in [-0.25, -0.2) is 0 Å². The first-order chi connectivity index (χ1) is 10.6. The molecule has 0 bridgehead atoms. The van der Waals surface area contributed by atoms with Gasteiger partial charge in [0.15, 0.2) is 5.78 Å². The number of benzene rings is 1. The Labute approximate surface area is 132 Å². The molecule has 0 radical (unpaired) electrons. The molecule has 1 aliphatic heterocycles. The largest absolute Gasteiger partial charge is 0.352 e. The summed E-state index contributed by atoms with van der Waals surface area (Å²) >= 11 is 0. The van der Waals surface area contributed by atoms with E-state index in [-0.39, 0.29) is 5.41 Å². The SMILES string of the molecule is CC(C)CCC1(C(=O)c2cc3ccccc3[nH]2)CCNCC1. The summed E-state index contributed by atoms with van der Waals surface area (Å²) in [5.41, 5.74) is 1.65. The number of hydrogen-bond donors (Lipinski definition) is 2. The van der Waals surface area contributed by atoms with Crippen molar-refractivity contribution in [3.8, 4) is 0 Å². The van der Waals surface area contributed by atoms with E-state index in [4.69, 9.17) is 0 Å². The van der Waals surface area contributed by atoms with Crippen LogP contribution >= 0.6 is 0 Å². The van der Waals surface area contributed by atoms with Gasteiger partial charge in [0.1, 0.15) is 0 Å². The van der Waals surface area contributed by atoms with Crippen molar-refractivity contribution in [2.45, 2.75) is 39.5 Å². The van der Waals surface area contributed by atoms with E-state index in [1.807, 2.05) is 24.3 Å². The van der Waals surface area contributed by atoms with Gasteiger partial charge in [0.2, 0.25) is 0 Å². The Morgan fingerprint density at radius 3 is 2.64 bits per heavy atom. The second-order valence-corrected chi connectivity index (χ2v) is 7.06. The molecule has 3 heteroatoms. The smallest absolute Gasteiger partial charge is 0.185 e. The highest BCUT2D eigenvalue weighted by atomic mass is 16.1. The molecule has 1 aliphatic rings. The molecule has 2 N–H and O–H groups in total. The molecule has 2 aromatic rings. The third-order valence-corrected chi connectivity index (χ3v) is 5.02. The number of piperidine rings is 1. The standard InChI is InChI=1S/C19H26N2O/c1-14(2)7-8-19(9-11-20-12-10-19)18(22)17-13-15-5-3-4-6-16(15)21-17/h3-6,13-14,20-21H,7-12H2,1-2H3. The van der Waals surface area contributed by atoms with Crippen LogP contribution in [-0.4, -0.2) is 23.9 Å². The van der Waals surface area contributed by atoms with Gasteiger partial charge in [-0.05, 0) is 50.4 Å². The van der Waals surface area contributed by atoms with E-state index in [1.54, 1.807) is 0 Å². The molecular weight excluding hydrogens is 272 g/mol. The lowest BCUT2D eigenvalue weighted by Crippen LogP contribution is -2.42. The maximum atomic E-state index is 13.2. The topological polar surface area (TPSA) is 44.9 Å². The maximum absolute atomic E-state index is 13.2. The molecule has 1 saturated heterocycles. The molecule has 3 rings (SSSR count). The van der Waals surface area contributed by atoms with Crippen LogP contribution in [0.4, 0.5) is 0 Å². The highest BCUT2D eigenvalue weighted by Gasteiger charge is 2.40. The fraction of sp³-hybridized carbons (Fsp3) is 0.526. The van der Waals surface area contributed by atoms with Crippen LogP contribution in [0.2, 0.25) is 0 Å². The number of H-pyrrole nitrogens is 1. The van der Waals surface area contributed by atoms with E-state index < -0.39 is 0 Å². The van der Waals surface area contributed by atoms with Crippen LogP contribution in [0.3, 0.4) is 0 Å². The average molecular weight is 298 g/mol. The molecule has 2 heterocycles. The number of hydrogen-bond acceptors (Lipinski definition) is 2. The normalized spacial score (nSPS) is 18.0. The van der Waals surface area contributed by atoms with Crippen molar-refractivity contribution in [3.05, 3.63) is 36.0 Å². The van der Waals surface area contributed by atoms with Crippen LogP contribution in [0.15, 0.2) is 30.3 Å². The zero-order valence-electron chi connectivity index (χ0n) is 13.6. The molecular formula is C19H26N2O. The number of fused-ring (bicyclic) bond motifs is 1. The summed E-state index contributed by atoms with van der Waals surface area (Å²) < 4.78 is 0. The van der Waals surface area contributed by atoms with Crippen molar-refractivity contribution in [2.24, 2.45) is 11.3 Å². The van der Waals surface area contributed by atoms with Crippen molar-refractivity contribution in [2.75, 3.05) is 13.1 Å². The lowest BCUT2D eigenvalue weighted by atomic mass is 9.70. The molecule has 1 fully saturated rings. The zero-order valence-corrected chi connectivity index (χ0v) is 13.6.